The summed E-state index contributed by atoms with van der Waals surface area (Å²) in [5.74, 6) is 1.88. The molecule has 1 saturated carbocycles. The fourth-order valence-electron chi connectivity index (χ4n) is 2.81. The number of nitrogens with zero attached hydrogens (tertiary/aromatic N) is 5. The van der Waals surface area contributed by atoms with Gasteiger partial charge in [-0.25, -0.2) is 0 Å². The van der Waals surface area contributed by atoms with Crippen molar-refractivity contribution in [2.45, 2.75) is 23.9 Å². The Morgan fingerprint density at radius 3 is 2.96 bits per heavy atom. The Labute approximate surface area is 168 Å². The van der Waals surface area contributed by atoms with Gasteiger partial charge in [0, 0.05) is 18.4 Å². The zero-order valence-electron chi connectivity index (χ0n) is 15.0. The van der Waals surface area contributed by atoms with Crippen molar-refractivity contribution in [1.82, 2.24) is 25.0 Å². The van der Waals surface area contributed by atoms with Gasteiger partial charge in [-0.15, -0.1) is 20.4 Å². The van der Waals surface area contributed by atoms with Crippen LogP contribution < -0.4 is 5.32 Å². The van der Waals surface area contributed by atoms with E-state index in [1.807, 2.05) is 41.9 Å². The highest BCUT2D eigenvalue weighted by Crippen LogP contribution is 2.42. The molecule has 0 aliphatic heterocycles. The number of nitrogens with one attached hydrogen (secondary N) is 1. The van der Waals surface area contributed by atoms with Gasteiger partial charge < -0.3 is 8.98 Å². The Balaban J connectivity index is 1.24. The minimum absolute atomic E-state index is 0.142. The number of rotatable bonds is 6. The molecule has 0 unspecified atom stereocenters. The highest BCUT2D eigenvalue weighted by atomic mass is 32.2. The van der Waals surface area contributed by atoms with Gasteiger partial charge in [0.1, 0.15) is 10.6 Å². The van der Waals surface area contributed by atoms with Crippen LogP contribution in [0.2, 0.25) is 0 Å². The molecule has 0 spiro atoms. The van der Waals surface area contributed by atoms with E-state index < -0.39 is 0 Å². The molecule has 0 bridgehead atoms. The van der Waals surface area contributed by atoms with E-state index in [1.165, 1.54) is 23.1 Å². The molecule has 4 aromatic rings. The van der Waals surface area contributed by atoms with Crippen molar-refractivity contribution in [3.63, 3.8) is 0 Å². The highest BCUT2D eigenvalue weighted by molar-refractivity contribution is 7.99. The number of furan rings is 1. The molecule has 3 aromatic heterocycles. The monoisotopic (exact) mass is 412 g/mol. The number of hydrogen-bond acceptors (Lipinski definition) is 8. The van der Waals surface area contributed by atoms with E-state index in [1.54, 1.807) is 0 Å². The van der Waals surface area contributed by atoms with E-state index in [0.717, 1.165) is 28.8 Å². The molecule has 8 nitrogen and oxygen atoms in total. The smallest absolute Gasteiger partial charge is 0.236 e. The summed E-state index contributed by atoms with van der Waals surface area (Å²) in [6.07, 6.45) is 2.33. The normalized spacial score (nSPS) is 13.9. The third-order valence-corrected chi connectivity index (χ3v) is 6.45. The second-order valence-corrected chi connectivity index (χ2v) is 8.52. The maximum absolute atomic E-state index is 12.2. The van der Waals surface area contributed by atoms with Crippen LogP contribution in [-0.4, -0.2) is 36.6 Å². The minimum atomic E-state index is -0.142. The predicted octanol–water partition coefficient (Wildman–Crippen LogP) is 3.69. The maximum atomic E-state index is 12.2. The van der Waals surface area contributed by atoms with Gasteiger partial charge >= 0.3 is 0 Å². The molecule has 1 aliphatic carbocycles. The quantitative estimate of drug-likeness (QED) is 0.482. The topological polar surface area (TPSA) is 98.7 Å². The fourth-order valence-corrected chi connectivity index (χ4v) is 4.45. The van der Waals surface area contributed by atoms with Crippen LogP contribution in [0.3, 0.4) is 0 Å². The van der Waals surface area contributed by atoms with Crippen LogP contribution in [-0.2, 0) is 11.8 Å². The fraction of sp³-hybridized carbons (Fsp3) is 0.278. The zero-order chi connectivity index (χ0) is 19.1. The molecule has 10 heteroatoms. The Hall–Kier alpha value is -2.72. The number of fused-ring (bicyclic) bond motifs is 1. The van der Waals surface area contributed by atoms with Gasteiger partial charge in [-0.2, -0.15) is 0 Å². The number of amides is 1. The average molecular weight is 413 g/mol. The van der Waals surface area contributed by atoms with E-state index in [2.05, 4.69) is 25.7 Å². The average Bonchev–Trinajstić information content (AvgIpc) is 3.11. The van der Waals surface area contributed by atoms with Gasteiger partial charge in [-0.05, 0) is 25.0 Å². The van der Waals surface area contributed by atoms with Crippen molar-refractivity contribution in [2.24, 2.45) is 7.05 Å². The molecule has 142 valence electrons. The van der Waals surface area contributed by atoms with Gasteiger partial charge in [0.15, 0.2) is 16.7 Å². The zero-order valence-corrected chi connectivity index (χ0v) is 16.6. The standard InChI is InChI=1S/C18H16N6O2S2/c1-24-15(13-8-11-4-2-3-5-12(11)26-13)20-23-18(24)27-9-14(25)19-17-22-21-16(28-17)10-6-7-10/h2-5,8,10H,6-7,9H2,1H3,(H,19,22,25). The van der Waals surface area contributed by atoms with Crippen molar-refractivity contribution in [3.8, 4) is 11.6 Å². The SMILES string of the molecule is Cn1c(SCC(=O)Nc2nnc(C3CC3)s2)nnc1-c1cc2ccccc2o1. The Bertz CT molecular complexity index is 1130. The minimum Gasteiger partial charge on any atom is -0.453 e. The lowest BCUT2D eigenvalue weighted by atomic mass is 10.2. The van der Waals surface area contributed by atoms with Gasteiger partial charge in [0.05, 0.1) is 5.75 Å². The molecule has 1 fully saturated rings. The predicted molar refractivity (Wildman–Crippen MR) is 107 cm³/mol. The van der Waals surface area contributed by atoms with E-state index in [-0.39, 0.29) is 11.7 Å². The highest BCUT2D eigenvalue weighted by Gasteiger charge is 2.27. The molecule has 0 radical (unpaired) electrons. The second kappa shape index (κ2) is 7.02. The third kappa shape index (κ3) is 3.40. The molecule has 1 N–H and O–H groups in total. The Kier molecular flexibility index (Phi) is 4.36. The molecule has 0 atom stereocenters. The number of aromatic nitrogens is 5. The van der Waals surface area contributed by atoms with E-state index in [4.69, 9.17) is 4.42 Å². The van der Waals surface area contributed by atoms with E-state index in [9.17, 15) is 4.79 Å². The molecule has 5 rings (SSSR count). The van der Waals surface area contributed by atoms with Crippen molar-refractivity contribution >= 4 is 45.1 Å². The third-order valence-electron chi connectivity index (χ3n) is 4.43. The molecule has 1 aliphatic rings. The van der Waals surface area contributed by atoms with Gasteiger partial charge in [0.2, 0.25) is 11.0 Å². The summed E-state index contributed by atoms with van der Waals surface area (Å²) in [6, 6.07) is 9.73. The van der Waals surface area contributed by atoms with Crippen molar-refractivity contribution in [1.29, 1.82) is 0 Å². The molecular weight excluding hydrogens is 396 g/mol. The number of carbonyl (C=O) groups excluding carboxylic acids is 1. The number of hydrogen-bond donors (Lipinski definition) is 1. The molecule has 28 heavy (non-hydrogen) atoms. The Morgan fingerprint density at radius 1 is 1.29 bits per heavy atom. The summed E-state index contributed by atoms with van der Waals surface area (Å²) in [6.45, 7) is 0. The van der Waals surface area contributed by atoms with Gasteiger partial charge in [-0.1, -0.05) is 41.3 Å². The summed E-state index contributed by atoms with van der Waals surface area (Å²) in [7, 11) is 1.86. The Morgan fingerprint density at radius 2 is 2.14 bits per heavy atom. The first-order chi connectivity index (χ1) is 13.7. The van der Waals surface area contributed by atoms with E-state index in [0.29, 0.717) is 27.8 Å². The second-order valence-electron chi connectivity index (χ2n) is 6.57. The lowest BCUT2D eigenvalue weighted by molar-refractivity contribution is -0.113. The molecule has 3 heterocycles. The molecule has 0 saturated heterocycles. The summed E-state index contributed by atoms with van der Waals surface area (Å²) < 4.78 is 7.68. The first-order valence-electron chi connectivity index (χ1n) is 8.82. The largest absolute Gasteiger partial charge is 0.453 e. The number of carbonyl (C=O) groups is 1. The first kappa shape index (κ1) is 17.4. The number of benzene rings is 1. The number of para-hydroxylation sites is 1. The lowest BCUT2D eigenvalue weighted by Crippen LogP contribution is -2.14. The van der Waals surface area contributed by atoms with Gasteiger partial charge in [0.25, 0.3) is 0 Å². The number of thioether (sulfide) groups is 1. The summed E-state index contributed by atoms with van der Waals surface area (Å²) in [5, 5.41) is 22.6. The van der Waals surface area contributed by atoms with Crippen LogP contribution in [0.15, 0.2) is 39.9 Å². The number of anilines is 1. The van der Waals surface area contributed by atoms with Gasteiger partial charge in [-0.3, -0.25) is 10.1 Å². The van der Waals surface area contributed by atoms with E-state index >= 15 is 0 Å². The summed E-state index contributed by atoms with van der Waals surface area (Å²) in [5.41, 5.74) is 0.803. The van der Waals surface area contributed by atoms with Crippen LogP contribution in [0, 0.1) is 0 Å². The summed E-state index contributed by atoms with van der Waals surface area (Å²) >= 11 is 2.77. The molecule has 1 amide bonds. The van der Waals surface area contributed by atoms with Crippen LogP contribution in [0.5, 0.6) is 0 Å². The molecule has 1 aromatic carbocycles. The lowest BCUT2D eigenvalue weighted by Gasteiger charge is -2.02. The summed E-state index contributed by atoms with van der Waals surface area (Å²) in [4.78, 5) is 12.2. The van der Waals surface area contributed by atoms with Crippen molar-refractivity contribution in [2.75, 3.05) is 11.1 Å². The molecular formula is C18H16N6O2S2. The van der Waals surface area contributed by atoms with Crippen LogP contribution in [0.1, 0.15) is 23.8 Å². The van der Waals surface area contributed by atoms with Crippen LogP contribution >= 0.6 is 23.1 Å². The van der Waals surface area contributed by atoms with Crippen molar-refractivity contribution in [3.05, 3.63) is 35.3 Å². The van der Waals surface area contributed by atoms with Crippen LogP contribution in [0.25, 0.3) is 22.6 Å². The maximum Gasteiger partial charge on any atom is 0.236 e. The van der Waals surface area contributed by atoms with Crippen LogP contribution in [0.4, 0.5) is 5.13 Å². The van der Waals surface area contributed by atoms with Crippen molar-refractivity contribution < 1.29 is 9.21 Å². The first-order valence-corrected chi connectivity index (χ1v) is 10.6.